The summed E-state index contributed by atoms with van der Waals surface area (Å²) in [6, 6.07) is 25.1. The maximum atomic E-state index is 13.5. The molecule has 1 aromatic heterocycles. The number of rotatable bonds is 12. The summed E-state index contributed by atoms with van der Waals surface area (Å²) in [6.45, 7) is 5.41. The van der Waals surface area contributed by atoms with Gasteiger partial charge in [-0.3, -0.25) is 14.6 Å². The quantitative estimate of drug-likeness (QED) is 0.0833. The van der Waals surface area contributed by atoms with Gasteiger partial charge in [0.25, 0.3) is 11.7 Å². The third-order valence-corrected chi connectivity index (χ3v) is 7.64. The van der Waals surface area contributed by atoms with E-state index in [-0.39, 0.29) is 17.9 Å². The van der Waals surface area contributed by atoms with Gasteiger partial charge in [0.15, 0.2) is 0 Å². The van der Waals surface area contributed by atoms with Crippen molar-refractivity contribution in [1.29, 1.82) is 0 Å². The number of nitrogens with zero attached hydrogens (tertiary/aromatic N) is 2. The van der Waals surface area contributed by atoms with Gasteiger partial charge in [0.05, 0.1) is 18.2 Å². The van der Waals surface area contributed by atoms with Crippen molar-refractivity contribution in [2.45, 2.75) is 52.3 Å². The summed E-state index contributed by atoms with van der Waals surface area (Å²) in [5.41, 5.74) is 4.22. The van der Waals surface area contributed by atoms with E-state index in [0.717, 1.165) is 36.0 Å². The van der Waals surface area contributed by atoms with Crippen LogP contribution in [-0.2, 0) is 22.7 Å². The Morgan fingerprint density at radius 3 is 2.23 bits per heavy atom. The maximum Gasteiger partial charge on any atom is 0.295 e. The van der Waals surface area contributed by atoms with E-state index in [1.807, 2.05) is 55.5 Å². The van der Waals surface area contributed by atoms with Crippen LogP contribution < -0.4 is 9.47 Å². The molecule has 0 radical (unpaired) electrons. The van der Waals surface area contributed by atoms with Crippen LogP contribution in [0.15, 0.2) is 103 Å². The molecular weight excluding hydrogens is 540 g/mol. The number of aromatic nitrogens is 1. The minimum atomic E-state index is -0.778. The number of ketones is 1. The van der Waals surface area contributed by atoms with E-state index in [0.29, 0.717) is 35.8 Å². The first-order valence-electron chi connectivity index (χ1n) is 14.6. The van der Waals surface area contributed by atoms with Gasteiger partial charge in [0, 0.05) is 24.5 Å². The molecular formula is C36H36N2O5. The number of Topliss-reactive ketones (excluding diaryl/α,β-unsaturated/α-hetero) is 1. The Morgan fingerprint density at radius 2 is 1.53 bits per heavy atom. The van der Waals surface area contributed by atoms with Gasteiger partial charge in [-0.05, 0) is 84.1 Å². The lowest BCUT2D eigenvalue weighted by atomic mass is 9.95. The number of ether oxygens (including phenoxy) is 2. The topological polar surface area (TPSA) is 89.0 Å². The van der Waals surface area contributed by atoms with E-state index in [1.165, 1.54) is 4.90 Å². The fourth-order valence-electron chi connectivity index (χ4n) is 5.16. The van der Waals surface area contributed by atoms with Crippen LogP contribution in [0, 0.1) is 6.92 Å². The summed E-state index contributed by atoms with van der Waals surface area (Å²) in [5.74, 6) is -0.278. The Bertz CT molecular complexity index is 1580. The van der Waals surface area contributed by atoms with E-state index >= 15 is 0 Å². The average molecular weight is 577 g/mol. The molecule has 0 spiro atoms. The number of aliphatic hydroxyl groups excluding tert-OH is 1. The number of hydrogen-bond acceptors (Lipinski definition) is 6. The Balaban J connectivity index is 1.44. The predicted octanol–water partition coefficient (Wildman–Crippen LogP) is 7.16. The second kappa shape index (κ2) is 13.8. The number of aryl methyl sites for hydroxylation is 1. The molecule has 1 atom stereocenters. The van der Waals surface area contributed by atoms with Gasteiger partial charge in [-0.1, -0.05) is 56.2 Å². The van der Waals surface area contributed by atoms with E-state index in [2.05, 4.69) is 11.9 Å². The normalized spacial score (nSPS) is 16.0. The number of carbonyl (C=O) groups is 2. The largest absolute Gasteiger partial charge is 0.507 e. The summed E-state index contributed by atoms with van der Waals surface area (Å²) >= 11 is 0. The van der Waals surface area contributed by atoms with Gasteiger partial charge in [0.2, 0.25) is 0 Å². The van der Waals surface area contributed by atoms with Crippen LogP contribution in [0.1, 0.15) is 60.0 Å². The molecule has 1 fully saturated rings. The number of carbonyl (C=O) groups excluding carboxylic acids is 2. The van der Waals surface area contributed by atoms with Crippen molar-refractivity contribution < 1.29 is 24.2 Å². The van der Waals surface area contributed by atoms with Crippen molar-refractivity contribution in [3.63, 3.8) is 0 Å². The molecule has 4 aromatic rings. The van der Waals surface area contributed by atoms with Crippen molar-refractivity contribution in [2.24, 2.45) is 0 Å². The first-order valence-corrected chi connectivity index (χ1v) is 14.6. The fourth-order valence-corrected chi connectivity index (χ4v) is 5.16. The SMILES string of the molecule is CCCCCOc1ccc(C2/C(=C(\O)c3ccc(OCc4ccccc4C)cc3)C(=O)C(=O)N2Cc2ccncc2)cc1. The van der Waals surface area contributed by atoms with Gasteiger partial charge in [-0.2, -0.15) is 0 Å². The molecule has 0 aliphatic carbocycles. The number of pyridine rings is 1. The summed E-state index contributed by atoms with van der Waals surface area (Å²) in [6.07, 6.45) is 6.48. The van der Waals surface area contributed by atoms with Crippen molar-refractivity contribution in [3.05, 3.63) is 131 Å². The van der Waals surface area contributed by atoms with Crippen LogP contribution >= 0.6 is 0 Å². The first-order chi connectivity index (χ1) is 21.0. The molecule has 1 amide bonds. The molecule has 1 N–H and O–H groups in total. The number of benzene rings is 3. The number of likely N-dealkylation sites (tertiary alicyclic amines) is 1. The third kappa shape index (κ3) is 6.95. The second-order valence-corrected chi connectivity index (χ2v) is 10.6. The number of amides is 1. The van der Waals surface area contributed by atoms with Gasteiger partial charge >= 0.3 is 0 Å². The van der Waals surface area contributed by atoms with E-state index < -0.39 is 17.7 Å². The van der Waals surface area contributed by atoms with Crippen LogP contribution in [0.3, 0.4) is 0 Å². The highest BCUT2D eigenvalue weighted by Crippen LogP contribution is 2.41. The maximum absolute atomic E-state index is 13.5. The van der Waals surface area contributed by atoms with Gasteiger partial charge in [-0.15, -0.1) is 0 Å². The van der Waals surface area contributed by atoms with Gasteiger partial charge < -0.3 is 19.5 Å². The van der Waals surface area contributed by atoms with Crippen LogP contribution in [0.2, 0.25) is 0 Å². The van der Waals surface area contributed by atoms with E-state index in [4.69, 9.17) is 9.47 Å². The molecule has 1 saturated heterocycles. The van der Waals surface area contributed by atoms with Crippen molar-refractivity contribution in [3.8, 4) is 11.5 Å². The summed E-state index contributed by atoms with van der Waals surface area (Å²) in [4.78, 5) is 32.4. The van der Waals surface area contributed by atoms with Crippen LogP contribution in [0.25, 0.3) is 5.76 Å². The smallest absolute Gasteiger partial charge is 0.295 e. The zero-order chi connectivity index (χ0) is 30.2. The number of aliphatic hydroxyl groups is 1. The highest BCUT2D eigenvalue weighted by molar-refractivity contribution is 6.46. The minimum absolute atomic E-state index is 0.0456. The Hall–Kier alpha value is -4.91. The van der Waals surface area contributed by atoms with Gasteiger partial charge in [-0.25, -0.2) is 0 Å². The molecule has 7 heteroatoms. The fraction of sp³-hybridized carbons (Fsp3) is 0.250. The lowest BCUT2D eigenvalue weighted by molar-refractivity contribution is -0.140. The summed E-state index contributed by atoms with van der Waals surface area (Å²) in [7, 11) is 0. The summed E-state index contributed by atoms with van der Waals surface area (Å²) < 4.78 is 11.8. The number of hydrogen-bond donors (Lipinski definition) is 1. The van der Waals surface area contributed by atoms with Crippen molar-refractivity contribution in [2.75, 3.05) is 6.61 Å². The van der Waals surface area contributed by atoms with Crippen LogP contribution in [-0.4, -0.2) is 33.3 Å². The Morgan fingerprint density at radius 1 is 0.860 bits per heavy atom. The second-order valence-electron chi connectivity index (χ2n) is 10.6. The standard InChI is InChI=1S/C36H36N2O5/c1-3-4-7-22-42-30-14-10-27(11-15-30)33-32(35(40)36(41)38(33)23-26-18-20-37-21-19-26)34(39)28-12-16-31(17-13-28)43-24-29-9-6-5-8-25(29)2/h5-6,8-21,33,39H,3-4,7,22-24H2,1-2H3/b34-32+. The molecule has 0 saturated carbocycles. The molecule has 5 rings (SSSR count). The zero-order valence-corrected chi connectivity index (χ0v) is 24.5. The molecule has 0 bridgehead atoms. The van der Waals surface area contributed by atoms with Crippen molar-refractivity contribution in [1.82, 2.24) is 9.88 Å². The van der Waals surface area contributed by atoms with E-state index in [1.54, 1.807) is 48.8 Å². The first kappa shape index (κ1) is 29.6. The monoisotopic (exact) mass is 576 g/mol. The molecule has 7 nitrogen and oxygen atoms in total. The molecule has 220 valence electrons. The van der Waals surface area contributed by atoms with Gasteiger partial charge in [0.1, 0.15) is 23.9 Å². The highest BCUT2D eigenvalue weighted by atomic mass is 16.5. The molecule has 43 heavy (non-hydrogen) atoms. The zero-order valence-electron chi connectivity index (χ0n) is 24.5. The Kier molecular flexibility index (Phi) is 9.52. The lowest BCUT2D eigenvalue weighted by Gasteiger charge is -2.25. The molecule has 1 aliphatic heterocycles. The van der Waals surface area contributed by atoms with E-state index in [9.17, 15) is 14.7 Å². The number of unbranched alkanes of at least 4 members (excludes halogenated alkanes) is 2. The highest BCUT2D eigenvalue weighted by Gasteiger charge is 2.46. The average Bonchev–Trinajstić information content (AvgIpc) is 3.28. The van der Waals surface area contributed by atoms with Crippen LogP contribution in [0.5, 0.6) is 11.5 Å². The predicted molar refractivity (Wildman–Crippen MR) is 165 cm³/mol. The minimum Gasteiger partial charge on any atom is -0.507 e. The molecule has 1 aliphatic rings. The Labute approximate surface area is 252 Å². The van der Waals surface area contributed by atoms with Crippen molar-refractivity contribution >= 4 is 17.4 Å². The molecule has 3 aromatic carbocycles. The lowest BCUT2D eigenvalue weighted by Crippen LogP contribution is -2.29. The molecule has 2 heterocycles. The third-order valence-electron chi connectivity index (χ3n) is 7.64. The summed E-state index contributed by atoms with van der Waals surface area (Å²) in [5, 5.41) is 11.5. The molecule has 1 unspecified atom stereocenters. The van der Waals surface area contributed by atoms with Crippen LogP contribution in [0.4, 0.5) is 0 Å².